The summed E-state index contributed by atoms with van der Waals surface area (Å²) in [4.78, 5) is 0. The fraction of sp³-hybridized carbons (Fsp3) is 0.400. The molecule has 0 aromatic heterocycles. The smallest absolute Gasteiger partial charge is 0.140 e. The highest BCUT2D eigenvalue weighted by atomic mass is 79.9. The Bertz CT molecular complexity index is 315. The molecule has 0 aliphatic rings. The van der Waals surface area contributed by atoms with E-state index in [1.54, 1.807) is 7.11 Å². The van der Waals surface area contributed by atoms with Gasteiger partial charge in [-0.1, -0.05) is 0 Å². The van der Waals surface area contributed by atoms with Gasteiger partial charge >= 0.3 is 0 Å². The maximum absolute atomic E-state index is 13.2. The zero-order chi connectivity index (χ0) is 10.6. The number of hydrogen-bond donors (Lipinski definition) is 0. The SMILES string of the molecule is COCCCc1cc(Br)c(F)cc1F. The molecule has 0 fully saturated rings. The van der Waals surface area contributed by atoms with E-state index in [1.165, 1.54) is 6.07 Å². The summed E-state index contributed by atoms with van der Waals surface area (Å²) in [6, 6.07) is 2.37. The van der Waals surface area contributed by atoms with Gasteiger partial charge in [-0.15, -0.1) is 0 Å². The van der Waals surface area contributed by atoms with Crippen LogP contribution in [0.4, 0.5) is 8.78 Å². The third-order valence-electron chi connectivity index (χ3n) is 1.88. The average molecular weight is 265 g/mol. The first kappa shape index (κ1) is 11.6. The van der Waals surface area contributed by atoms with Crippen LogP contribution in [0.25, 0.3) is 0 Å². The van der Waals surface area contributed by atoms with Crippen LogP contribution in [0.15, 0.2) is 16.6 Å². The minimum Gasteiger partial charge on any atom is -0.385 e. The van der Waals surface area contributed by atoms with Crippen molar-refractivity contribution in [3.8, 4) is 0 Å². The second-order valence-corrected chi connectivity index (χ2v) is 3.81. The highest BCUT2D eigenvalue weighted by Crippen LogP contribution is 2.20. The number of ether oxygens (including phenoxy) is 1. The predicted octanol–water partition coefficient (Wildman–Crippen LogP) is 3.31. The van der Waals surface area contributed by atoms with Crippen LogP contribution in [0.5, 0.6) is 0 Å². The maximum atomic E-state index is 13.2. The van der Waals surface area contributed by atoms with Crippen molar-refractivity contribution in [3.05, 3.63) is 33.8 Å². The Morgan fingerprint density at radius 2 is 2.00 bits per heavy atom. The molecule has 0 amide bonds. The molecular formula is C10H11BrF2O. The van der Waals surface area contributed by atoms with Crippen molar-refractivity contribution in [1.29, 1.82) is 0 Å². The summed E-state index contributed by atoms with van der Waals surface area (Å²) in [5.41, 5.74) is 0.510. The molecule has 78 valence electrons. The molecule has 0 aliphatic heterocycles. The first-order valence-electron chi connectivity index (χ1n) is 4.27. The Balaban J connectivity index is 2.72. The maximum Gasteiger partial charge on any atom is 0.140 e. The summed E-state index contributed by atoms with van der Waals surface area (Å²) in [6.07, 6.45) is 1.28. The van der Waals surface area contributed by atoms with Gasteiger partial charge in [-0.25, -0.2) is 8.78 Å². The standard InChI is InChI=1S/C10H11BrF2O/c1-14-4-2-3-7-5-8(11)10(13)6-9(7)12/h5-6H,2-4H2,1H3. The highest BCUT2D eigenvalue weighted by molar-refractivity contribution is 9.10. The van der Waals surface area contributed by atoms with E-state index in [0.717, 1.165) is 12.5 Å². The fourth-order valence-corrected chi connectivity index (χ4v) is 1.55. The van der Waals surface area contributed by atoms with Crippen molar-refractivity contribution in [2.45, 2.75) is 12.8 Å². The van der Waals surface area contributed by atoms with Gasteiger partial charge in [0.25, 0.3) is 0 Å². The molecule has 0 bridgehead atoms. The first-order chi connectivity index (χ1) is 6.65. The van der Waals surface area contributed by atoms with Crippen LogP contribution in [0, 0.1) is 11.6 Å². The zero-order valence-corrected chi connectivity index (χ0v) is 9.40. The van der Waals surface area contributed by atoms with Crippen molar-refractivity contribution in [3.63, 3.8) is 0 Å². The van der Waals surface area contributed by atoms with E-state index in [9.17, 15) is 8.78 Å². The zero-order valence-electron chi connectivity index (χ0n) is 7.82. The van der Waals surface area contributed by atoms with Crippen LogP contribution in [0.1, 0.15) is 12.0 Å². The molecule has 1 aromatic rings. The van der Waals surface area contributed by atoms with Gasteiger partial charge in [0.2, 0.25) is 0 Å². The average Bonchev–Trinajstić information content (AvgIpc) is 2.14. The lowest BCUT2D eigenvalue weighted by Crippen LogP contribution is -1.96. The molecule has 0 unspecified atom stereocenters. The molecule has 4 heteroatoms. The molecular weight excluding hydrogens is 254 g/mol. The van der Waals surface area contributed by atoms with Gasteiger partial charge < -0.3 is 4.74 Å². The summed E-state index contributed by atoms with van der Waals surface area (Å²) in [6.45, 7) is 0.578. The quantitative estimate of drug-likeness (QED) is 0.599. The Kier molecular flexibility index (Phi) is 4.48. The molecule has 1 aromatic carbocycles. The van der Waals surface area contributed by atoms with Gasteiger partial charge in [0.1, 0.15) is 11.6 Å². The molecule has 0 heterocycles. The van der Waals surface area contributed by atoms with Gasteiger partial charge in [0, 0.05) is 19.8 Å². The third kappa shape index (κ3) is 3.03. The highest BCUT2D eigenvalue weighted by Gasteiger charge is 2.07. The molecule has 0 N–H and O–H groups in total. The molecule has 0 radical (unpaired) electrons. The first-order valence-corrected chi connectivity index (χ1v) is 5.07. The van der Waals surface area contributed by atoms with Gasteiger partial charge in [0.15, 0.2) is 0 Å². The molecule has 1 nitrogen and oxygen atoms in total. The van der Waals surface area contributed by atoms with Crippen LogP contribution in [-0.2, 0) is 11.2 Å². The van der Waals surface area contributed by atoms with E-state index in [2.05, 4.69) is 15.9 Å². The van der Waals surface area contributed by atoms with Crippen LogP contribution >= 0.6 is 15.9 Å². The Morgan fingerprint density at radius 3 is 2.64 bits per heavy atom. The Labute approximate surface area is 90.2 Å². The Hall–Kier alpha value is -0.480. The number of rotatable bonds is 4. The van der Waals surface area contributed by atoms with Crippen molar-refractivity contribution in [2.24, 2.45) is 0 Å². The summed E-state index contributed by atoms with van der Waals surface area (Å²) >= 11 is 3.02. The van der Waals surface area contributed by atoms with Gasteiger partial charge in [-0.3, -0.25) is 0 Å². The second-order valence-electron chi connectivity index (χ2n) is 2.95. The van der Waals surface area contributed by atoms with Gasteiger partial charge in [-0.05, 0) is 40.4 Å². The molecule has 0 saturated carbocycles. The number of benzene rings is 1. The van der Waals surface area contributed by atoms with E-state index in [-0.39, 0.29) is 0 Å². The molecule has 0 atom stereocenters. The minimum atomic E-state index is -0.571. The summed E-state index contributed by atoms with van der Waals surface area (Å²) in [5, 5.41) is 0. The molecule has 0 aliphatic carbocycles. The number of halogens is 3. The van der Waals surface area contributed by atoms with Crippen molar-refractivity contribution in [2.75, 3.05) is 13.7 Å². The van der Waals surface area contributed by atoms with Gasteiger partial charge in [0.05, 0.1) is 4.47 Å². The fourth-order valence-electron chi connectivity index (χ4n) is 1.16. The third-order valence-corrected chi connectivity index (χ3v) is 2.49. The number of methoxy groups -OCH3 is 1. The molecule has 14 heavy (non-hydrogen) atoms. The number of hydrogen-bond acceptors (Lipinski definition) is 1. The summed E-state index contributed by atoms with van der Waals surface area (Å²) in [5.74, 6) is -1.07. The van der Waals surface area contributed by atoms with E-state index >= 15 is 0 Å². The van der Waals surface area contributed by atoms with Gasteiger partial charge in [-0.2, -0.15) is 0 Å². The van der Waals surface area contributed by atoms with Crippen molar-refractivity contribution in [1.82, 2.24) is 0 Å². The van der Waals surface area contributed by atoms with E-state index < -0.39 is 11.6 Å². The minimum absolute atomic E-state index is 0.298. The molecule has 0 spiro atoms. The van der Waals surface area contributed by atoms with Crippen LogP contribution < -0.4 is 0 Å². The van der Waals surface area contributed by atoms with Crippen molar-refractivity contribution < 1.29 is 13.5 Å². The lowest BCUT2D eigenvalue weighted by atomic mass is 10.1. The molecule has 1 rings (SSSR count). The Morgan fingerprint density at radius 1 is 1.29 bits per heavy atom. The lowest BCUT2D eigenvalue weighted by molar-refractivity contribution is 0.195. The van der Waals surface area contributed by atoms with Crippen molar-refractivity contribution >= 4 is 15.9 Å². The van der Waals surface area contributed by atoms with Crippen LogP contribution in [0.3, 0.4) is 0 Å². The predicted molar refractivity (Wildman–Crippen MR) is 54.3 cm³/mol. The normalized spacial score (nSPS) is 10.6. The van der Waals surface area contributed by atoms with E-state index in [1.807, 2.05) is 0 Å². The summed E-state index contributed by atoms with van der Waals surface area (Å²) in [7, 11) is 1.59. The monoisotopic (exact) mass is 264 g/mol. The topological polar surface area (TPSA) is 9.23 Å². The molecule has 0 saturated heterocycles. The van der Waals surface area contributed by atoms with E-state index in [0.29, 0.717) is 23.1 Å². The second kappa shape index (κ2) is 5.41. The summed E-state index contributed by atoms with van der Waals surface area (Å²) < 4.78 is 31.1. The van der Waals surface area contributed by atoms with E-state index in [4.69, 9.17) is 4.74 Å². The van der Waals surface area contributed by atoms with Crippen LogP contribution in [0.2, 0.25) is 0 Å². The lowest BCUT2D eigenvalue weighted by Gasteiger charge is -2.04. The van der Waals surface area contributed by atoms with Crippen LogP contribution in [-0.4, -0.2) is 13.7 Å². The largest absolute Gasteiger partial charge is 0.385 e. The number of aryl methyl sites for hydroxylation is 1.